The van der Waals surface area contributed by atoms with E-state index in [1.54, 1.807) is 0 Å². The second kappa shape index (κ2) is 4.02. The highest BCUT2D eigenvalue weighted by molar-refractivity contribution is 5.97. The molecule has 0 aliphatic heterocycles. The van der Waals surface area contributed by atoms with Gasteiger partial charge in [-0.25, -0.2) is 0 Å². The molecule has 0 unspecified atom stereocenters. The SMILES string of the molecule is O=C(NC1CC(O)C1)c1cc(O)ccc1O. The summed E-state index contributed by atoms with van der Waals surface area (Å²) in [4.78, 5) is 11.7. The highest BCUT2D eigenvalue weighted by Crippen LogP contribution is 2.24. The molecule has 0 heterocycles. The molecule has 0 atom stereocenters. The first-order chi connectivity index (χ1) is 7.56. The predicted molar refractivity (Wildman–Crippen MR) is 56.3 cm³/mol. The zero-order chi connectivity index (χ0) is 11.7. The second-order valence-corrected chi connectivity index (χ2v) is 4.00. The summed E-state index contributed by atoms with van der Waals surface area (Å²) in [5.74, 6) is -0.683. The monoisotopic (exact) mass is 223 g/mol. The van der Waals surface area contributed by atoms with Gasteiger partial charge in [-0.3, -0.25) is 4.79 Å². The van der Waals surface area contributed by atoms with E-state index in [1.807, 2.05) is 0 Å². The zero-order valence-corrected chi connectivity index (χ0v) is 8.55. The van der Waals surface area contributed by atoms with Crippen molar-refractivity contribution >= 4 is 5.91 Å². The van der Waals surface area contributed by atoms with Crippen molar-refractivity contribution in [2.45, 2.75) is 25.0 Å². The molecule has 1 aliphatic rings. The van der Waals surface area contributed by atoms with Crippen LogP contribution in [0.4, 0.5) is 0 Å². The molecule has 0 aromatic heterocycles. The van der Waals surface area contributed by atoms with Gasteiger partial charge in [-0.15, -0.1) is 0 Å². The van der Waals surface area contributed by atoms with E-state index in [9.17, 15) is 15.0 Å². The summed E-state index contributed by atoms with van der Waals surface area (Å²) in [6.07, 6.45) is 0.722. The molecule has 0 bridgehead atoms. The first-order valence-electron chi connectivity index (χ1n) is 5.07. The summed E-state index contributed by atoms with van der Waals surface area (Å²) < 4.78 is 0. The number of carbonyl (C=O) groups excluding carboxylic acids is 1. The standard InChI is InChI=1S/C11H13NO4/c13-7-1-2-10(15)9(5-7)11(16)12-6-3-8(14)4-6/h1-2,5-6,8,13-15H,3-4H2,(H,12,16). The van der Waals surface area contributed by atoms with Crippen molar-refractivity contribution in [2.75, 3.05) is 0 Å². The summed E-state index contributed by atoms with van der Waals surface area (Å²) >= 11 is 0. The number of hydrogen-bond acceptors (Lipinski definition) is 4. The summed E-state index contributed by atoms with van der Waals surface area (Å²) in [6, 6.07) is 3.73. The van der Waals surface area contributed by atoms with E-state index in [2.05, 4.69) is 5.32 Å². The third-order valence-corrected chi connectivity index (χ3v) is 2.67. The Morgan fingerprint density at radius 1 is 1.31 bits per heavy atom. The van der Waals surface area contributed by atoms with Crippen LogP contribution in [-0.4, -0.2) is 33.4 Å². The minimum Gasteiger partial charge on any atom is -0.508 e. The van der Waals surface area contributed by atoms with Crippen LogP contribution in [0.2, 0.25) is 0 Å². The maximum Gasteiger partial charge on any atom is 0.255 e. The molecule has 1 fully saturated rings. The van der Waals surface area contributed by atoms with Gasteiger partial charge in [-0.05, 0) is 31.0 Å². The molecule has 2 rings (SSSR count). The van der Waals surface area contributed by atoms with Gasteiger partial charge in [0.05, 0.1) is 11.7 Å². The van der Waals surface area contributed by atoms with Crippen LogP contribution < -0.4 is 5.32 Å². The average molecular weight is 223 g/mol. The molecule has 0 radical (unpaired) electrons. The molecule has 86 valence electrons. The fourth-order valence-electron chi connectivity index (χ4n) is 1.67. The zero-order valence-electron chi connectivity index (χ0n) is 8.55. The number of aromatic hydroxyl groups is 2. The van der Waals surface area contributed by atoms with E-state index in [-0.39, 0.29) is 29.2 Å². The first-order valence-corrected chi connectivity index (χ1v) is 5.07. The fourth-order valence-corrected chi connectivity index (χ4v) is 1.67. The minimum atomic E-state index is -0.440. The van der Waals surface area contributed by atoms with Crippen molar-refractivity contribution in [1.29, 1.82) is 0 Å². The normalized spacial score (nSPS) is 23.6. The van der Waals surface area contributed by atoms with Crippen molar-refractivity contribution < 1.29 is 20.1 Å². The van der Waals surface area contributed by atoms with Crippen molar-refractivity contribution in [3.05, 3.63) is 23.8 Å². The van der Waals surface area contributed by atoms with Crippen LogP contribution in [-0.2, 0) is 0 Å². The number of nitrogens with one attached hydrogen (secondary N) is 1. The van der Waals surface area contributed by atoms with Gasteiger partial charge in [0.1, 0.15) is 11.5 Å². The quantitative estimate of drug-likeness (QED) is 0.545. The van der Waals surface area contributed by atoms with Crippen LogP contribution in [0.1, 0.15) is 23.2 Å². The lowest BCUT2D eigenvalue weighted by atomic mass is 9.89. The van der Waals surface area contributed by atoms with E-state index in [4.69, 9.17) is 5.11 Å². The van der Waals surface area contributed by atoms with Crippen LogP contribution >= 0.6 is 0 Å². The summed E-state index contributed by atoms with van der Waals surface area (Å²) in [7, 11) is 0. The number of aliphatic hydroxyl groups excluding tert-OH is 1. The number of aliphatic hydroxyl groups is 1. The van der Waals surface area contributed by atoms with Crippen LogP contribution in [0.25, 0.3) is 0 Å². The molecule has 4 N–H and O–H groups in total. The first kappa shape index (κ1) is 10.8. The molecule has 1 aromatic carbocycles. The highest BCUT2D eigenvalue weighted by Gasteiger charge is 2.29. The Morgan fingerprint density at radius 2 is 2.00 bits per heavy atom. The Kier molecular flexibility index (Phi) is 2.70. The Labute approximate surface area is 92.3 Å². The minimum absolute atomic E-state index is 0.0430. The maximum atomic E-state index is 11.7. The predicted octanol–water partition coefficient (Wildman–Crippen LogP) is 0.351. The van der Waals surface area contributed by atoms with Crippen LogP contribution in [0.5, 0.6) is 11.5 Å². The van der Waals surface area contributed by atoms with Gasteiger partial charge in [-0.2, -0.15) is 0 Å². The van der Waals surface area contributed by atoms with Crippen molar-refractivity contribution in [3.63, 3.8) is 0 Å². The van der Waals surface area contributed by atoms with Gasteiger partial charge in [0.25, 0.3) is 5.91 Å². The summed E-state index contributed by atoms with van der Waals surface area (Å²) in [5.41, 5.74) is 0.0430. The van der Waals surface area contributed by atoms with E-state index >= 15 is 0 Å². The highest BCUT2D eigenvalue weighted by atomic mass is 16.3. The molecule has 5 nitrogen and oxygen atoms in total. The number of carbonyl (C=O) groups is 1. The molecule has 1 aliphatic carbocycles. The smallest absolute Gasteiger partial charge is 0.255 e. The van der Waals surface area contributed by atoms with E-state index < -0.39 is 5.91 Å². The molecule has 1 amide bonds. The van der Waals surface area contributed by atoms with Crippen LogP contribution in [0.15, 0.2) is 18.2 Å². The lowest BCUT2D eigenvalue weighted by Crippen LogP contribution is -2.46. The van der Waals surface area contributed by atoms with Crippen molar-refractivity contribution in [1.82, 2.24) is 5.32 Å². The summed E-state index contributed by atoms with van der Waals surface area (Å²) in [6.45, 7) is 0. The lowest BCUT2D eigenvalue weighted by Gasteiger charge is -2.31. The third-order valence-electron chi connectivity index (χ3n) is 2.67. The third kappa shape index (κ3) is 2.09. The van der Waals surface area contributed by atoms with Gasteiger partial charge in [-0.1, -0.05) is 0 Å². The topological polar surface area (TPSA) is 89.8 Å². The molecule has 0 saturated heterocycles. The van der Waals surface area contributed by atoms with E-state index in [0.29, 0.717) is 12.8 Å². The van der Waals surface area contributed by atoms with Gasteiger partial charge in [0.2, 0.25) is 0 Å². The Hall–Kier alpha value is -1.75. The molecule has 5 heteroatoms. The van der Waals surface area contributed by atoms with Gasteiger partial charge < -0.3 is 20.6 Å². The molecule has 0 spiro atoms. The van der Waals surface area contributed by atoms with E-state index in [0.717, 1.165) is 0 Å². The van der Waals surface area contributed by atoms with Crippen molar-refractivity contribution in [3.8, 4) is 11.5 Å². The lowest BCUT2D eigenvalue weighted by molar-refractivity contribution is 0.0561. The largest absolute Gasteiger partial charge is 0.508 e. The second-order valence-electron chi connectivity index (χ2n) is 4.00. The van der Waals surface area contributed by atoms with Crippen LogP contribution in [0, 0.1) is 0 Å². The molecule has 16 heavy (non-hydrogen) atoms. The van der Waals surface area contributed by atoms with Crippen LogP contribution in [0.3, 0.4) is 0 Å². The number of amides is 1. The Balaban J connectivity index is 2.05. The number of rotatable bonds is 2. The molecule has 1 aromatic rings. The Morgan fingerprint density at radius 3 is 2.62 bits per heavy atom. The Bertz CT molecular complexity index is 412. The molecular weight excluding hydrogens is 210 g/mol. The molecular formula is C11H13NO4. The number of hydrogen-bond donors (Lipinski definition) is 4. The number of phenols is 2. The maximum absolute atomic E-state index is 11.7. The van der Waals surface area contributed by atoms with Gasteiger partial charge in [0.15, 0.2) is 0 Å². The fraction of sp³-hybridized carbons (Fsp3) is 0.364. The van der Waals surface area contributed by atoms with E-state index in [1.165, 1.54) is 18.2 Å². The molecule has 1 saturated carbocycles. The number of benzene rings is 1. The average Bonchev–Trinajstić information content (AvgIpc) is 2.19. The summed E-state index contributed by atoms with van der Waals surface area (Å²) in [5, 5.41) is 30.4. The van der Waals surface area contributed by atoms with Gasteiger partial charge >= 0.3 is 0 Å². The number of phenolic OH excluding ortho intramolecular Hbond substituents is 2. The van der Waals surface area contributed by atoms with Crippen molar-refractivity contribution in [2.24, 2.45) is 0 Å². The van der Waals surface area contributed by atoms with Gasteiger partial charge in [0, 0.05) is 6.04 Å².